The molecule has 4 aromatic heterocycles. The quantitative estimate of drug-likeness (QED) is 0.485. The fourth-order valence-electron chi connectivity index (χ4n) is 4.17. The average Bonchev–Trinajstić information content (AvgIpc) is 3.54. The monoisotopic (exact) mass is 415 g/mol. The van der Waals surface area contributed by atoms with Crippen LogP contribution in [-0.4, -0.2) is 54.1 Å². The molecule has 0 aliphatic carbocycles. The number of likely N-dealkylation sites (tertiary alicyclic amines) is 1. The third-order valence-electron chi connectivity index (χ3n) is 5.65. The summed E-state index contributed by atoms with van der Waals surface area (Å²) < 4.78 is 1.59. The van der Waals surface area contributed by atoms with Gasteiger partial charge in [-0.25, -0.2) is 4.98 Å². The molecule has 1 aliphatic rings. The zero-order valence-electron chi connectivity index (χ0n) is 16.8. The lowest BCUT2D eigenvalue weighted by molar-refractivity contribution is -0.135. The summed E-state index contributed by atoms with van der Waals surface area (Å²) in [5, 5.41) is 12.4. The number of H-pyrrole nitrogens is 1. The predicted molar refractivity (Wildman–Crippen MR) is 115 cm³/mol. The van der Waals surface area contributed by atoms with Gasteiger partial charge in [-0.05, 0) is 48.7 Å². The second-order valence-electron chi connectivity index (χ2n) is 7.48. The predicted octanol–water partition coefficient (Wildman–Crippen LogP) is 2.07. The summed E-state index contributed by atoms with van der Waals surface area (Å²) in [6, 6.07) is 7.32. The number of hydrogen-bond donors (Lipinski definition) is 2. The Kier molecular flexibility index (Phi) is 4.70. The van der Waals surface area contributed by atoms with Gasteiger partial charge in [-0.3, -0.25) is 9.59 Å². The second kappa shape index (κ2) is 7.67. The van der Waals surface area contributed by atoms with Crippen molar-refractivity contribution in [2.45, 2.75) is 25.4 Å². The van der Waals surface area contributed by atoms with Gasteiger partial charge in [-0.1, -0.05) is 6.58 Å². The Balaban J connectivity index is 1.39. The Labute approximate surface area is 177 Å². The summed E-state index contributed by atoms with van der Waals surface area (Å²) in [6.07, 6.45) is 7.95. The number of aromatic nitrogens is 5. The molecular weight excluding hydrogens is 394 g/mol. The van der Waals surface area contributed by atoms with Crippen molar-refractivity contribution in [2.75, 3.05) is 6.54 Å². The first-order chi connectivity index (χ1) is 15.2. The third kappa shape index (κ3) is 3.33. The summed E-state index contributed by atoms with van der Waals surface area (Å²) in [5.41, 5.74) is 4.41. The zero-order chi connectivity index (χ0) is 21.4. The number of amides is 2. The summed E-state index contributed by atoms with van der Waals surface area (Å²) in [6.45, 7) is 4.42. The molecule has 5 rings (SSSR count). The van der Waals surface area contributed by atoms with Crippen molar-refractivity contribution in [3.63, 3.8) is 0 Å². The van der Waals surface area contributed by atoms with Crippen LogP contribution >= 0.6 is 0 Å². The van der Waals surface area contributed by atoms with Gasteiger partial charge in [0, 0.05) is 35.6 Å². The fourth-order valence-corrected chi connectivity index (χ4v) is 4.17. The maximum Gasteiger partial charge on any atom is 0.246 e. The van der Waals surface area contributed by atoms with Crippen molar-refractivity contribution >= 4 is 28.4 Å². The van der Waals surface area contributed by atoms with Crippen molar-refractivity contribution in [1.29, 1.82) is 0 Å². The van der Waals surface area contributed by atoms with Gasteiger partial charge in [0.25, 0.3) is 0 Å². The summed E-state index contributed by atoms with van der Waals surface area (Å²) >= 11 is 0. The fraction of sp³-hybridized carbons (Fsp3) is 0.227. The van der Waals surface area contributed by atoms with E-state index in [1.807, 2.05) is 24.3 Å². The van der Waals surface area contributed by atoms with Crippen molar-refractivity contribution in [1.82, 2.24) is 35.0 Å². The normalized spacial score (nSPS) is 16.1. The number of aromatic amines is 1. The first kappa shape index (κ1) is 19.0. The molecule has 0 bridgehead atoms. The van der Waals surface area contributed by atoms with Crippen LogP contribution < -0.4 is 5.32 Å². The Morgan fingerprint density at radius 1 is 1.26 bits per heavy atom. The van der Waals surface area contributed by atoms with Crippen molar-refractivity contribution in [2.24, 2.45) is 0 Å². The second-order valence-corrected chi connectivity index (χ2v) is 7.48. The average molecular weight is 415 g/mol. The molecule has 0 unspecified atom stereocenters. The number of fused-ring (bicyclic) bond motifs is 2. The molecule has 4 aromatic rings. The molecule has 156 valence electrons. The van der Waals surface area contributed by atoms with Crippen LogP contribution in [0.1, 0.15) is 18.5 Å². The molecule has 9 heteroatoms. The molecule has 31 heavy (non-hydrogen) atoms. The first-order valence-electron chi connectivity index (χ1n) is 10.1. The molecule has 0 radical (unpaired) electrons. The van der Waals surface area contributed by atoms with Crippen LogP contribution in [0.2, 0.25) is 0 Å². The standard InChI is InChI=1S/C22H21N7O2/c1-2-20(30)28-10-4-6-19(28)22(31)24-12-14-11-16-15(7-9-23-21(16)27-14)17-13-26-29-18(17)5-3-8-25-29/h2-3,5,7-9,11,13,19H,1,4,6,10,12H2,(H,23,27)(H,24,31)/t19-/m0/s1. The minimum absolute atomic E-state index is 0.159. The van der Waals surface area contributed by atoms with E-state index in [4.69, 9.17) is 0 Å². The SMILES string of the molecule is C=CC(=O)N1CCC[C@H]1C(=O)NCc1cc2c(-c3cnn4ncccc34)ccnc2[nH]1. The van der Waals surface area contributed by atoms with E-state index in [2.05, 4.69) is 32.1 Å². The van der Waals surface area contributed by atoms with E-state index in [9.17, 15) is 9.59 Å². The van der Waals surface area contributed by atoms with Gasteiger partial charge in [0.2, 0.25) is 11.8 Å². The van der Waals surface area contributed by atoms with Gasteiger partial charge in [-0.15, -0.1) is 0 Å². The van der Waals surface area contributed by atoms with Crippen LogP contribution in [0.25, 0.3) is 27.7 Å². The van der Waals surface area contributed by atoms with E-state index in [0.717, 1.165) is 39.8 Å². The van der Waals surface area contributed by atoms with Crippen molar-refractivity contribution in [3.05, 3.63) is 61.2 Å². The summed E-state index contributed by atoms with van der Waals surface area (Å²) in [5.74, 6) is -0.367. The highest BCUT2D eigenvalue weighted by Crippen LogP contribution is 2.30. The molecule has 9 nitrogen and oxygen atoms in total. The van der Waals surface area contributed by atoms with Crippen LogP contribution in [0.5, 0.6) is 0 Å². The highest BCUT2D eigenvalue weighted by Gasteiger charge is 2.32. The van der Waals surface area contributed by atoms with Crippen LogP contribution in [0.3, 0.4) is 0 Å². The number of rotatable bonds is 5. The smallest absolute Gasteiger partial charge is 0.246 e. The molecule has 1 atom stereocenters. The molecule has 2 N–H and O–H groups in total. The minimum Gasteiger partial charge on any atom is -0.349 e. The lowest BCUT2D eigenvalue weighted by Gasteiger charge is -2.22. The third-order valence-corrected chi connectivity index (χ3v) is 5.65. The Bertz CT molecular complexity index is 1310. The molecular formula is C22H21N7O2. The molecule has 0 saturated carbocycles. The van der Waals surface area contributed by atoms with Gasteiger partial charge >= 0.3 is 0 Å². The molecule has 1 fully saturated rings. The van der Waals surface area contributed by atoms with E-state index in [0.29, 0.717) is 19.5 Å². The van der Waals surface area contributed by atoms with E-state index >= 15 is 0 Å². The van der Waals surface area contributed by atoms with Crippen molar-refractivity contribution in [3.8, 4) is 11.1 Å². The summed E-state index contributed by atoms with van der Waals surface area (Å²) in [4.78, 5) is 33.9. The topological polar surface area (TPSA) is 108 Å². The number of hydrogen-bond acceptors (Lipinski definition) is 5. The van der Waals surface area contributed by atoms with E-state index in [-0.39, 0.29) is 11.8 Å². The molecule has 1 aliphatic heterocycles. The van der Waals surface area contributed by atoms with E-state index in [1.54, 1.807) is 28.1 Å². The Hall–Kier alpha value is -4.01. The number of nitrogens with one attached hydrogen (secondary N) is 2. The van der Waals surface area contributed by atoms with Crippen LogP contribution in [0, 0.1) is 0 Å². The number of carbonyl (C=O) groups is 2. The molecule has 0 spiro atoms. The first-order valence-corrected chi connectivity index (χ1v) is 10.1. The number of carbonyl (C=O) groups excluding carboxylic acids is 2. The van der Waals surface area contributed by atoms with Crippen LogP contribution in [-0.2, 0) is 16.1 Å². The Morgan fingerprint density at radius 2 is 2.16 bits per heavy atom. The molecule has 0 aromatic carbocycles. The van der Waals surface area contributed by atoms with Crippen molar-refractivity contribution < 1.29 is 9.59 Å². The van der Waals surface area contributed by atoms with E-state index < -0.39 is 6.04 Å². The largest absolute Gasteiger partial charge is 0.349 e. The Morgan fingerprint density at radius 3 is 3.03 bits per heavy atom. The lowest BCUT2D eigenvalue weighted by atomic mass is 10.1. The van der Waals surface area contributed by atoms with Gasteiger partial charge in [0.05, 0.1) is 18.3 Å². The minimum atomic E-state index is -0.449. The molecule has 1 saturated heterocycles. The maximum absolute atomic E-state index is 12.7. The van der Waals surface area contributed by atoms with Gasteiger partial charge in [0.1, 0.15) is 11.7 Å². The van der Waals surface area contributed by atoms with E-state index in [1.165, 1.54) is 6.08 Å². The van der Waals surface area contributed by atoms with Gasteiger partial charge in [-0.2, -0.15) is 14.8 Å². The molecule has 2 amide bonds. The zero-order valence-corrected chi connectivity index (χ0v) is 16.8. The van der Waals surface area contributed by atoms with Gasteiger partial charge in [0.15, 0.2) is 0 Å². The maximum atomic E-state index is 12.7. The number of pyridine rings is 1. The van der Waals surface area contributed by atoms with Gasteiger partial charge < -0.3 is 15.2 Å². The lowest BCUT2D eigenvalue weighted by Crippen LogP contribution is -2.45. The number of nitrogens with zero attached hydrogens (tertiary/aromatic N) is 5. The highest BCUT2D eigenvalue weighted by molar-refractivity contribution is 5.98. The molecule has 5 heterocycles. The highest BCUT2D eigenvalue weighted by atomic mass is 16.2. The van der Waals surface area contributed by atoms with Crippen LogP contribution in [0.15, 0.2) is 55.5 Å². The van der Waals surface area contributed by atoms with Crippen LogP contribution in [0.4, 0.5) is 0 Å². The summed E-state index contributed by atoms with van der Waals surface area (Å²) in [7, 11) is 0.